The van der Waals surface area contributed by atoms with E-state index in [1.165, 1.54) is 12.1 Å². The predicted octanol–water partition coefficient (Wildman–Crippen LogP) is 1.48. The number of benzene rings is 1. The maximum atomic E-state index is 12.7. The summed E-state index contributed by atoms with van der Waals surface area (Å²) in [6.07, 6.45) is 1.34. The number of H-pyrrole nitrogens is 1. The summed E-state index contributed by atoms with van der Waals surface area (Å²) in [5.41, 5.74) is 0.964. The first-order chi connectivity index (χ1) is 9.19. The van der Waals surface area contributed by atoms with E-state index in [0.717, 1.165) is 5.56 Å². The van der Waals surface area contributed by atoms with Gasteiger partial charge in [-0.1, -0.05) is 19.1 Å². The van der Waals surface area contributed by atoms with Crippen LogP contribution in [-0.2, 0) is 12.8 Å². The fourth-order valence-electron chi connectivity index (χ4n) is 1.61. The minimum atomic E-state index is -0.307. The van der Waals surface area contributed by atoms with Crippen molar-refractivity contribution in [3.05, 3.63) is 47.3 Å². The van der Waals surface area contributed by atoms with Crippen molar-refractivity contribution >= 4 is 5.91 Å². The second kappa shape index (κ2) is 6.08. The SMILES string of the molecule is CCc1nc(C(=O)NCCc2ccc(F)cc2)n[nH]1. The third-order valence-corrected chi connectivity index (χ3v) is 2.68. The van der Waals surface area contributed by atoms with E-state index in [0.29, 0.717) is 25.2 Å². The lowest BCUT2D eigenvalue weighted by Gasteiger charge is -2.02. The average molecular weight is 262 g/mol. The number of nitrogens with zero attached hydrogens (tertiary/aromatic N) is 2. The van der Waals surface area contributed by atoms with Gasteiger partial charge in [-0.2, -0.15) is 0 Å². The number of rotatable bonds is 5. The predicted molar refractivity (Wildman–Crippen MR) is 68.2 cm³/mol. The molecule has 2 aromatic rings. The second-order valence-corrected chi connectivity index (χ2v) is 4.09. The van der Waals surface area contributed by atoms with Crippen molar-refractivity contribution in [2.45, 2.75) is 19.8 Å². The Labute approximate surface area is 110 Å². The van der Waals surface area contributed by atoms with Crippen LogP contribution >= 0.6 is 0 Å². The number of nitrogens with one attached hydrogen (secondary N) is 2. The normalized spacial score (nSPS) is 10.4. The van der Waals surface area contributed by atoms with Crippen LogP contribution in [0.25, 0.3) is 0 Å². The Morgan fingerprint density at radius 3 is 2.74 bits per heavy atom. The number of aromatic amines is 1. The van der Waals surface area contributed by atoms with Gasteiger partial charge < -0.3 is 5.32 Å². The van der Waals surface area contributed by atoms with Gasteiger partial charge in [0, 0.05) is 13.0 Å². The molecule has 0 aliphatic heterocycles. The maximum absolute atomic E-state index is 12.7. The minimum Gasteiger partial charge on any atom is -0.349 e. The molecule has 0 unspecified atom stereocenters. The first-order valence-electron chi connectivity index (χ1n) is 6.13. The van der Waals surface area contributed by atoms with E-state index in [1.807, 2.05) is 6.92 Å². The van der Waals surface area contributed by atoms with E-state index in [1.54, 1.807) is 12.1 Å². The van der Waals surface area contributed by atoms with E-state index in [-0.39, 0.29) is 17.5 Å². The number of amides is 1. The molecule has 6 heteroatoms. The third kappa shape index (κ3) is 3.61. The Kier molecular flexibility index (Phi) is 4.22. The summed E-state index contributed by atoms with van der Waals surface area (Å²) in [5, 5.41) is 9.24. The van der Waals surface area contributed by atoms with Gasteiger partial charge in [0.2, 0.25) is 5.82 Å². The molecule has 2 N–H and O–H groups in total. The Balaban J connectivity index is 1.82. The van der Waals surface area contributed by atoms with Gasteiger partial charge in [0.05, 0.1) is 0 Å². The third-order valence-electron chi connectivity index (χ3n) is 2.68. The summed E-state index contributed by atoms with van der Waals surface area (Å²) in [4.78, 5) is 15.7. The van der Waals surface area contributed by atoms with Gasteiger partial charge in [0.15, 0.2) is 0 Å². The zero-order valence-electron chi connectivity index (χ0n) is 10.6. The van der Waals surface area contributed by atoms with Crippen molar-refractivity contribution in [1.82, 2.24) is 20.5 Å². The molecule has 0 bridgehead atoms. The highest BCUT2D eigenvalue weighted by Crippen LogP contribution is 2.03. The molecule has 0 saturated carbocycles. The molecule has 0 radical (unpaired) electrons. The summed E-state index contributed by atoms with van der Waals surface area (Å²) >= 11 is 0. The summed E-state index contributed by atoms with van der Waals surface area (Å²) in [6.45, 7) is 2.39. The first-order valence-corrected chi connectivity index (χ1v) is 6.13. The molecule has 5 nitrogen and oxygen atoms in total. The Hall–Kier alpha value is -2.24. The van der Waals surface area contributed by atoms with Crippen LogP contribution in [0, 0.1) is 5.82 Å². The first kappa shape index (κ1) is 13.2. The average Bonchev–Trinajstić information content (AvgIpc) is 2.90. The molecular weight excluding hydrogens is 247 g/mol. The van der Waals surface area contributed by atoms with Gasteiger partial charge in [-0.3, -0.25) is 9.89 Å². The molecule has 1 heterocycles. The smallest absolute Gasteiger partial charge is 0.290 e. The van der Waals surface area contributed by atoms with E-state index in [2.05, 4.69) is 20.5 Å². The molecule has 0 saturated heterocycles. The largest absolute Gasteiger partial charge is 0.349 e. The Bertz CT molecular complexity index is 550. The molecule has 0 fully saturated rings. The summed E-state index contributed by atoms with van der Waals surface area (Å²) in [5.74, 6) is 0.262. The topological polar surface area (TPSA) is 70.7 Å². The van der Waals surface area contributed by atoms with Gasteiger partial charge in [0.1, 0.15) is 11.6 Å². The standard InChI is InChI=1S/C13H15FN4O/c1-2-11-16-12(18-17-11)13(19)15-8-7-9-3-5-10(14)6-4-9/h3-6H,2,7-8H2,1H3,(H,15,19)(H,16,17,18). The molecule has 1 aromatic carbocycles. The zero-order valence-corrected chi connectivity index (χ0v) is 10.6. The number of carbonyl (C=O) groups excluding carboxylic acids is 1. The molecular formula is C13H15FN4O. The highest BCUT2D eigenvalue weighted by atomic mass is 19.1. The number of halogens is 1. The van der Waals surface area contributed by atoms with Crippen molar-refractivity contribution < 1.29 is 9.18 Å². The minimum absolute atomic E-state index is 0.149. The molecule has 0 atom stereocenters. The lowest BCUT2D eigenvalue weighted by atomic mass is 10.1. The van der Waals surface area contributed by atoms with Crippen molar-refractivity contribution in [2.75, 3.05) is 6.54 Å². The number of hydrogen-bond donors (Lipinski definition) is 2. The van der Waals surface area contributed by atoms with E-state index in [4.69, 9.17) is 0 Å². The van der Waals surface area contributed by atoms with Crippen molar-refractivity contribution in [1.29, 1.82) is 0 Å². The molecule has 0 aliphatic carbocycles. The van der Waals surface area contributed by atoms with Crippen LogP contribution < -0.4 is 5.32 Å². The van der Waals surface area contributed by atoms with Crippen LogP contribution in [0.1, 0.15) is 28.9 Å². The molecule has 1 aromatic heterocycles. The van der Waals surface area contributed by atoms with Crippen molar-refractivity contribution in [2.24, 2.45) is 0 Å². The quantitative estimate of drug-likeness (QED) is 0.857. The number of aromatic nitrogens is 3. The maximum Gasteiger partial charge on any atom is 0.290 e. The lowest BCUT2D eigenvalue weighted by molar-refractivity contribution is 0.0944. The van der Waals surface area contributed by atoms with Gasteiger partial charge in [-0.25, -0.2) is 9.37 Å². The summed E-state index contributed by atoms with van der Waals surface area (Å²) in [6, 6.07) is 6.20. The van der Waals surface area contributed by atoms with Gasteiger partial charge in [-0.05, 0) is 24.1 Å². The number of carbonyl (C=O) groups is 1. The molecule has 0 aliphatic rings. The molecule has 0 spiro atoms. The van der Waals surface area contributed by atoms with Crippen molar-refractivity contribution in [3.8, 4) is 0 Å². The van der Waals surface area contributed by atoms with Crippen LogP contribution in [0.3, 0.4) is 0 Å². The van der Waals surface area contributed by atoms with E-state index < -0.39 is 0 Å². The lowest BCUT2D eigenvalue weighted by Crippen LogP contribution is -2.26. The van der Waals surface area contributed by atoms with E-state index >= 15 is 0 Å². The summed E-state index contributed by atoms with van der Waals surface area (Å²) < 4.78 is 12.7. The molecule has 100 valence electrons. The highest BCUT2D eigenvalue weighted by Gasteiger charge is 2.10. The Morgan fingerprint density at radius 2 is 2.11 bits per heavy atom. The van der Waals surface area contributed by atoms with Gasteiger partial charge in [-0.15, -0.1) is 5.10 Å². The fourth-order valence-corrected chi connectivity index (χ4v) is 1.61. The second-order valence-electron chi connectivity index (χ2n) is 4.09. The molecule has 2 rings (SSSR count). The van der Waals surface area contributed by atoms with Gasteiger partial charge >= 0.3 is 0 Å². The Morgan fingerprint density at radius 1 is 1.37 bits per heavy atom. The van der Waals surface area contributed by atoms with Gasteiger partial charge in [0.25, 0.3) is 5.91 Å². The zero-order chi connectivity index (χ0) is 13.7. The van der Waals surface area contributed by atoms with Crippen molar-refractivity contribution in [3.63, 3.8) is 0 Å². The fraction of sp³-hybridized carbons (Fsp3) is 0.308. The molecule has 19 heavy (non-hydrogen) atoms. The van der Waals surface area contributed by atoms with E-state index in [9.17, 15) is 9.18 Å². The van der Waals surface area contributed by atoms with Crippen LogP contribution in [0.15, 0.2) is 24.3 Å². The monoisotopic (exact) mass is 262 g/mol. The van der Waals surface area contributed by atoms with Crippen LogP contribution in [0.5, 0.6) is 0 Å². The highest BCUT2D eigenvalue weighted by molar-refractivity contribution is 5.90. The number of hydrogen-bond acceptors (Lipinski definition) is 3. The van der Waals surface area contributed by atoms with Crippen LogP contribution in [-0.4, -0.2) is 27.6 Å². The number of aryl methyl sites for hydroxylation is 1. The van der Waals surface area contributed by atoms with Crippen LogP contribution in [0.2, 0.25) is 0 Å². The summed E-state index contributed by atoms with van der Waals surface area (Å²) in [7, 11) is 0. The molecule has 1 amide bonds. The van der Waals surface area contributed by atoms with Crippen LogP contribution in [0.4, 0.5) is 4.39 Å².